The van der Waals surface area contributed by atoms with Gasteiger partial charge < -0.3 is 4.74 Å². The van der Waals surface area contributed by atoms with Crippen molar-refractivity contribution in [2.24, 2.45) is 0 Å². The Morgan fingerprint density at radius 3 is 2.16 bits per heavy atom. The molecule has 3 nitrogen and oxygen atoms in total. The summed E-state index contributed by atoms with van der Waals surface area (Å²) >= 11 is 0. The van der Waals surface area contributed by atoms with Crippen molar-refractivity contribution < 1.29 is 26.3 Å². The standard InChI is InChI=1S/C18H17F3O3S/c1-24-15-12-10-14(11-13-15)6-5-9-17(18(19,20)21)25(22,23)16-7-3-2-4-8-16/h2-8,10-13,17H,9H2,1H3/b6-5+. The van der Waals surface area contributed by atoms with Crippen LogP contribution in [-0.4, -0.2) is 27.0 Å². The highest BCUT2D eigenvalue weighted by Crippen LogP contribution is 2.33. The average molecular weight is 370 g/mol. The monoisotopic (exact) mass is 370 g/mol. The highest BCUT2D eigenvalue weighted by molar-refractivity contribution is 7.92. The third kappa shape index (κ3) is 4.85. The van der Waals surface area contributed by atoms with Crippen LogP contribution >= 0.6 is 0 Å². The molecule has 1 unspecified atom stereocenters. The van der Waals surface area contributed by atoms with Crippen molar-refractivity contribution >= 4 is 15.9 Å². The molecule has 0 aromatic heterocycles. The van der Waals surface area contributed by atoms with Crippen LogP contribution in [0.25, 0.3) is 6.08 Å². The molecule has 0 aliphatic carbocycles. The summed E-state index contributed by atoms with van der Waals surface area (Å²) in [5.41, 5.74) is 0.652. The van der Waals surface area contributed by atoms with Crippen molar-refractivity contribution in [1.29, 1.82) is 0 Å². The first-order valence-corrected chi connectivity index (χ1v) is 8.96. The number of methoxy groups -OCH3 is 1. The third-order valence-electron chi connectivity index (χ3n) is 3.59. The summed E-state index contributed by atoms with van der Waals surface area (Å²) in [5, 5.41) is -2.49. The lowest BCUT2D eigenvalue weighted by atomic mass is 10.2. The SMILES string of the molecule is COc1ccc(/C=C/CC(C(F)(F)F)S(=O)(=O)c2ccccc2)cc1. The van der Waals surface area contributed by atoms with Crippen molar-refractivity contribution in [1.82, 2.24) is 0 Å². The van der Waals surface area contributed by atoms with Crippen molar-refractivity contribution in [3.8, 4) is 5.75 Å². The summed E-state index contributed by atoms with van der Waals surface area (Å²) in [5.74, 6) is 0.622. The molecule has 7 heteroatoms. The Morgan fingerprint density at radius 2 is 1.64 bits per heavy atom. The van der Waals surface area contributed by atoms with E-state index < -0.39 is 27.7 Å². The van der Waals surface area contributed by atoms with Crippen LogP contribution in [0.15, 0.2) is 65.6 Å². The van der Waals surface area contributed by atoms with Crippen molar-refractivity contribution in [3.63, 3.8) is 0 Å². The van der Waals surface area contributed by atoms with Gasteiger partial charge in [-0.15, -0.1) is 0 Å². The van der Waals surface area contributed by atoms with Gasteiger partial charge in [0.15, 0.2) is 15.1 Å². The van der Waals surface area contributed by atoms with E-state index in [1.807, 2.05) is 0 Å². The average Bonchev–Trinajstić information content (AvgIpc) is 2.58. The quantitative estimate of drug-likeness (QED) is 0.752. The number of hydrogen-bond donors (Lipinski definition) is 0. The Labute approximate surface area is 144 Å². The molecule has 0 heterocycles. The molecule has 0 amide bonds. The molecular weight excluding hydrogens is 353 g/mol. The van der Waals surface area contributed by atoms with Crippen LogP contribution in [0, 0.1) is 0 Å². The van der Waals surface area contributed by atoms with Gasteiger partial charge in [0.05, 0.1) is 12.0 Å². The van der Waals surface area contributed by atoms with E-state index in [1.165, 1.54) is 43.5 Å². The lowest BCUT2D eigenvalue weighted by molar-refractivity contribution is -0.129. The van der Waals surface area contributed by atoms with Crippen LogP contribution in [0.4, 0.5) is 13.2 Å². The zero-order valence-electron chi connectivity index (χ0n) is 13.4. The zero-order chi connectivity index (χ0) is 18.5. The molecule has 0 bridgehead atoms. The summed E-state index contributed by atoms with van der Waals surface area (Å²) in [6.07, 6.45) is -2.84. The normalized spacial score (nSPS) is 13.8. The van der Waals surface area contributed by atoms with Gasteiger partial charge in [0, 0.05) is 0 Å². The van der Waals surface area contributed by atoms with E-state index >= 15 is 0 Å². The number of ether oxygens (including phenoxy) is 1. The molecule has 2 rings (SSSR count). The van der Waals surface area contributed by atoms with Gasteiger partial charge in [-0.1, -0.05) is 42.5 Å². The number of rotatable bonds is 6. The van der Waals surface area contributed by atoms with E-state index in [0.29, 0.717) is 11.3 Å². The molecule has 25 heavy (non-hydrogen) atoms. The largest absolute Gasteiger partial charge is 0.497 e. The molecule has 0 saturated carbocycles. The van der Waals surface area contributed by atoms with Gasteiger partial charge in [-0.25, -0.2) is 8.42 Å². The van der Waals surface area contributed by atoms with Crippen LogP contribution < -0.4 is 4.74 Å². The van der Waals surface area contributed by atoms with Crippen LogP contribution in [0.3, 0.4) is 0 Å². The van der Waals surface area contributed by atoms with Gasteiger partial charge in [-0.2, -0.15) is 13.2 Å². The first-order valence-electron chi connectivity index (χ1n) is 7.41. The molecule has 0 radical (unpaired) electrons. The van der Waals surface area contributed by atoms with E-state index in [2.05, 4.69) is 0 Å². The van der Waals surface area contributed by atoms with Crippen LogP contribution in [0.1, 0.15) is 12.0 Å². The second-order valence-electron chi connectivity index (χ2n) is 5.30. The van der Waals surface area contributed by atoms with Gasteiger partial charge in [0.1, 0.15) is 5.75 Å². The summed E-state index contributed by atoms with van der Waals surface area (Å²) in [6, 6.07) is 13.4. The van der Waals surface area contributed by atoms with Crippen LogP contribution in [-0.2, 0) is 9.84 Å². The van der Waals surface area contributed by atoms with E-state index in [-0.39, 0.29) is 4.90 Å². The minimum Gasteiger partial charge on any atom is -0.497 e. The van der Waals surface area contributed by atoms with Crippen molar-refractivity contribution in [3.05, 3.63) is 66.2 Å². The van der Waals surface area contributed by atoms with Gasteiger partial charge in [-0.05, 0) is 36.2 Å². The lowest BCUT2D eigenvalue weighted by Gasteiger charge is -2.19. The molecule has 0 aliphatic heterocycles. The molecule has 0 fully saturated rings. The number of allylic oxidation sites excluding steroid dienone is 1. The number of sulfone groups is 1. The number of alkyl halides is 3. The molecule has 0 aliphatic rings. The second-order valence-corrected chi connectivity index (χ2v) is 7.43. The topological polar surface area (TPSA) is 43.4 Å². The molecule has 0 saturated heterocycles. The Balaban J connectivity index is 2.22. The molecule has 2 aromatic rings. The van der Waals surface area contributed by atoms with Crippen LogP contribution in [0.5, 0.6) is 5.75 Å². The highest BCUT2D eigenvalue weighted by Gasteiger charge is 2.48. The van der Waals surface area contributed by atoms with Crippen LogP contribution in [0.2, 0.25) is 0 Å². The zero-order valence-corrected chi connectivity index (χ0v) is 14.2. The first kappa shape index (κ1) is 19.1. The van der Waals surface area contributed by atoms with E-state index in [0.717, 1.165) is 0 Å². The second kappa shape index (κ2) is 7.74. The maximum Gasteiger partial charge on any atom is 0.406 e. The fraction of sp³-hybridized carbons (Fsp3) is 0.222. The lowest BCUT2D eigenvalue weighted by Crippen LogP contribution is -2.36. The highest BCUT2D eigenvalue weighted by atomic mass is 32.2. The molecule has 134 valence electrons. The predicted octanol–water partition coefficient (Wildman–Crippen LogP) is 4.50. The predicted molar refractivity (Wildman–Crippen MR) is 90.1 cm³/mol. The van der Waals surface area contributed by atoms with E-state index in [4.69, 9.17) is 4.74 Å². The molecule has 1 atom stereocenters. The Hall–Kier alpha value is -2.28. The maximum atomic E-state index is 13.3. The molecule has 2 aromatic carbocycles. The summed E-state index contributed by atoms with van der Waals surface area (Å²) in [4.78, 5) is -0.338. The molecule has 0 N–H and O–H groups in total. The minimum absolute atomic E-state index is 0.338. The Bertz CT molecular complexity index is 811. The summed E-state index contributed by atoms with van der Waals surface area (Å²) < 4.78 is 69.6. The summed E-state index contributed by atoms with van der Waals surface area (Å²) in [6.45, 7) is 0. The number of halogens is 3. The number of hydrogen-bond acceptors (Lipinski definition) is 3. The first-order chi connectivity index (χ1) is 11.7. The van der Waals surface area contributed by atoms with Gasteiger partial charge in [0.25, 0.3) is 0 Å². The molecule has 0 spiro atoms. The smallest absolute Gasteiger partial charge is 0.406 e. The number of benzene rings is 2. The van der Waals surface area contributed by atoms with Crippen molar-refractivity contribution in [2.75, 3.05) is 7.11 Å². The van der Waals surface area contributed by atoms with Gasteiger partial charge >= 0.3 is 6.18 Å². The summed E-state index contributed by atoms with van der Waals surface area (Å²) in [7, 11) is -3.01. The maximum absolute atomic E-state index is 13.3. The third-order valence-corrected chi connectivity index (χ3v) is 5.73. The van der Waals surface area contributed by atoms with E-state index in [1.54, 1.807) is 30.3 Å². The Morgan fingerprint density at radius 1 is 1.04 bits per heavy atom. The Kier molecular flexibility index (Phi) is 5.89. The van der Waals surface area contributed by atoms with Gasteiger partial charge in [-0.3, -0.25) is 0 Å². The van der Waals surface area contributed by atoms with Crippen molar-refractivity contribution in [2.45, 2.75) is 22.7 Å². The van der Waals surface area contributed by atoms with Gasteiger partial charge in [0.2, 0.25) is 0 Å². The fourth-order valence-electron chi connectivity index (χ4n) is 2.25. The molecular formula is C18H17F3O3S. The van der Waals surface area contributed by atoms with E-state index in [9.17, 15) is 21.6 Å². The fourth-order valence-corrected chi connectivity index (χ4v) is 3.83. The minimum atomic E-state index is -4.86.